The molecule has 0 bridgehead atoms. The molecule has 1 aliphatic rings. The van der Waals surface area contributed by atoms with Crippen LogP contribution in [0.15, 0.2) is 12.1 Å². The summed E-state index contributed by atoms with van der Waals surface area (Å²) in [5.74, 6) is -1.89. The number of carboxylic acid groups (broad SMARTS) is 1. The first-order chi connectivity index (χ1) is 7.98. The summed E-state index contributed by atoms with van der Waals surface area (Å²) in [6.45, 7) is 0. The molecule has 0 aliphatic heterocycles. The van der Waals surface area contributed by atoms with Gasteiger partial charge in [0, 0.05) is 17.0 Å². The Hall–Kier alpha value is -1.78. The molecule has 4 nitrogen and oxygen atoms in total. The quantitative estimate of drug-likeness (QED) is 0.845. The molecule has 17 heavy (non-hydrogen) atoms. The second-order valence-electron chi connectivity index (χ2n) is 4.36. The van der Waals surface area contributed by atoms with E-state index >= 15 is 0 Å². The molecule has 92 valence electrons. The summed E-state index contributed by atoms with van der Waals surface area (Å²) >= 11 is 0. The smallest absolute Gasteiger partial charge is 0.304 e. The van der Waals surface area contributed by atoms with Crippen molar-refractivity contribution in [2.24, 2.45) is 0 Å². The van der Waals surface area contributed by atoms with E-state index in [0.29, 0.717) is 18.6 Å². The first-order valence-corrected chi connectivity index (χ1v) is 5.27. The number of ether oxygens (including phenoxy) is 1. The van der Waals surface area contributed by atoms with E-state index < -0.39 is 23.0 Å². The summed E-state index contributed by atoms with van der Waals surface area (Å²) in [5, 5.41) is 18.3. The van der Waals surface area contributed by atoms with E-state index in [1.807, 2.05) is 0 Å². The van der Waals surface area contributed by atoms with Gasteiger partial charge in [0.15, 0.2) is 11.6 Å². The van der Waals surface area contributed by atoms with Crippen LogP contribution in [0.5, 0.6) is 11.5 Å². The summed E-state index contributed by atoms with van der Waals surface area (Å²) in [5.41, 5.74) is -0.446. The van der Waals surface area contributed by atoms with Crippen molar-refractivity contribution in [3.05, 3.63) is 23.5 Å². The van der Waals surface area contributed by atoms with Crippen LogP contribution in [0.25, 0.3) is 0 Å². The summed E-state index contributed by atoms with van der Waals surface area (Å²) < 4.78 is 18.8. The Morgan fingerprint density at radius 3 is 2.65 bits per heavy atom. The van der Waals surface area contributed by atoms with E-state index in [2.05, 4.69) is 0 Å². The molecule has 0 heterocycles. The van der Waals surface area contributed by atoms with Crippen molar-refractivity contribution in [3.8, 4) is 11.5 Å². The van der Waals surface area contributed by atoms with Crippen molar-refractivity contribution in [2.75, 3.05) is 7.11 Å². The normalized spacial score (nSPS) is 16.6. The lowest BCUT2D eigenvalue weighted by Crippen LogP contribution is -2.15. The lowest BCUT2D eigenvalue weighted by Gasteiger charge is -2.16. The van der Waals surface area contributed by atoms with Crippen LogP contribution in [0.4, 0.5) is 4.39 Å². The summed E-state index contributed by atoms with van der Waals surface area (Å²) in [6, 6.07) is 2.64. The molecule has 2 rings (SSSR count). The fraction of sp³-hybridized carbons (Fsp3) is 0.417. The van der Waals surface area contributed by atoms with Gasteiger partial charge in [0.25, 0.3) is 0 Å². The Bertz CT molecular complexity index is 466. The molecule has 0 saturated heterocycles. The van der Waals surface area contributed by atoms with E-state index in [9.17, 15) is 14.3 Å². The van der Waals surface area contributed by atoms with Gasteiger partial charge >= 0.3 is 5.97 Å². The minimum Gasteiger partial charge on any atom is -0.505 e. The highest BCUT2D eigenvalue weighted by Gasteiger charge is 2.48. The Labute approximate surface area is 97.6 Å². The molecule has 0 spiro atoms. The van der Waals surface area contributed by atoms with E-state index in [1.165, 1.54) is 19.2 Å². The zero-order valence-electron chi connectivity index (χ0n) is 9.36. The van der Waals surface area contributed by atoms with Gasteiger partial charge in [0.1, 0.15) is 5.75 Å². The number of methoxy groups -OCH3 is 1. The number of carboxylic acids is 1. The van der Waals surface area contributed by atoms with E-state index in [1.54, 1.807) is 0 Å². The minimum absolute atomic E-state index is 0.128. The maximum Gasteiger partial charge on any atom is 0.304 e. The maximum atomic E-state index is 13.8. The van der Waals surface area contributed by atoms with Gasteiger partial charge in [0.05, 0.1) is 13.5 Å². The Morgan fingerprint density at radius 2 is 2.18 bits per heavy atom. The van der Waals surface area contributed by atoms with Gasteiger partial charge in [-0.05, 0) is 18.9 Å². The van der Waals surface area contributed by atoms with Gasteiger partial charge in [-0.2, -0.15) is 0 Å². The molecular formula is C12H13FO4. The van der Waals surface area contributed by atoms with Crippen LogP contribution >= 0.6 is 0 Å². The molecule has 0 unspecified atom stereocenters. The van der Waals surface area contributed by atoms with E-state index in [-0.39, 0.29) is 12.0 Å². The number of hydrogen-bond donors (Lipinski definition) is 2. The highest BCUT2D eigenvalue weighted by Crippen LogP contribution is 2.53. The fourth-order valence-corrected chi connectivity index (χ4v) is 2.07. The number of carbonyl (C=O) groups is 1. The topological polar surface area (TPSA) is 66.8 Å². The molecule has 1 aliphatic carbocycles. The van der Waals surface area contributed by atoms with Gasteiger partial charge in [-0.15, -0.1) is 0 Å². The van der Waals surface area contributed by atoms with E-state index in [4.69, 9.17) is 9.84 Å². The Balaban J connectivity index is 2.44. The molecule has 1 aromatic carbocycles. The number of benzene rings is 1. The third-order valence-electron chi connectivity index (χ3n) is 3.18. The summed E-state index contributed by atoms with van der Waals surface area (Å²) in [4.78, 5) is 10.8. The SMILES string of the molecule is COc1cc(O)c(F)c(C2(CC(=O)O)CC2)c1. The first-order valence-electron chi connectivity index (χ1n) is 5.27. The van der Waals surface area contributed by atoms with Gasteiger partial charge in [-0.25, -0.2) is 4.39 Å². The molecule has 1 aromatic rings. The molecule has 0 atom stereocenters. The largest absolute Gasteiger partial charge is 0.505 e. The lowest BCUT2D eigenvalue weighted by molar-refractivity contribution is -0.137. The number of halogens is 1. The Kier molecular flexibility index (Phi) is 2.69. The average molecular weight is 240 g/mol. The first kappa shape index (κ1) is 11.7. The lowest BCUT2D eigenvalue weighted by atomic mass is 9.91. The van der Waals surface area contributed by atoms with Crippen LogP contribution in [-0.4, -0.2) is 23.3 Å². The number of phenols is 1. The average Bonchev–Trinajstić information content (AvgIpc) is 3.01. The molecule has 0 radical (unpaired) electrons. The van der Waals surface area contributed by atoms with Gasteiger partial charge in [-0.3, -0.25) is 4.79 Å². The van der Waals surface area contributed by atoms with Crippen LogP contribution in [0.3, 0.4) is 0 Å². The molecule has 5 heteroatoms. The highest BCUT2D eigenvalue weighted by molar-refractivity contribution is 5.70. The molecular weight excluding hydrogens is 227 g/mol. The van der Waals surface area contributed by atoms with Crippen molar-refractivity contribution in [1.29, 1.82) is 0 Å². The van der Waals surface area contributed by atoms with Crippen molar-refractivity contribution >= 4 is 5.97 Å². The number of aromatic hydroxyl groups is 1. The van der Waals surface area contributed by atoms with Crippen LogP contribution in [-0.2, 0) is 10.2 Å². The van der Waals surface area contributed by atoms with Crippen LogP contribution in [0.1, 0.15) is 24.8 Å². The molecule has 1 fully saturated rings. The van der Waals surface area contributed by atoms with Crippen LogP contribution < -0.4 is 4.74 Å². The minimum atomic E-state index is -0.968. The molecule has 1 saturated carbocycles. The highest BCUT2D eigenvalue weighted by atomic mass is 19.1. The number of rotatable bonds is 4. The zero-order valence-corrected chi connectivity index (χ0v) is 9.36. The van der Waals surface area contributed by atoms with Gasteiger partial charge in [0.2, 0.25) is 0 Å². The summed E-state index contributed by atoms with van der Waals surface area (Å²) in [7, 11) is 1.41. The summed E-state index contributed by atoms with van der Waals surface area (Å²) in [6.07, 6.45) is 1.10. The van der Waals surface area contributed by atoms with Crippen LogP contribution in [0.2, 0.25) is 0 Å². The van der Waals surface area contributed by atoms with Gasteiger partial charge in [-0.1, -0.05) is 0 Å². The van der Waals surface area contributed by atoms with Crippen molar-refractivity contribution in [2.45, 2.75) is 24.7 Å². The van der Waals surface area contributed by atoms with Crippen molar-refractivity contribution in [3.63, 3.8) is 0 Å². The predicted octanol–water partition coefficient (Wildman–Crippen LogP) is 2.05. The molecule has 0 aromatic heterocycles. The number of phenolic OH excluding ortho intramolecular Hbond substituents is 1. The maximum absolute atomic E-state index is 13.8. The zero-order chi connectivity index (χ0) is 12.6. The fourth-order valence-electron chi connectivity index (χ4n) is 2.07. The molecule has 0 amide bonds. The second-order valence-corrected chi connectivity index (χ2v) is 4.36. The molecule has 2 N–H and O–H groups in total. The van der Waals surface area contributed by atoms with Crippen LogP contribution in [0, 0.1) is 5.82 Å². The standard InChI is InChI=1S/C12H13FO4/c1-17-7-4-8(11(13)9(14)5-7)12(2-3-12)6-10(15)16/h4-5,14H,2-3,6H2,1H3,(H,15,16). The van der Waals surface area contributed by atoms with Gasteiger partial charge < -0.3 is 14.9 Å². The third-order valence-corrected chi connectivity index (χ3v) is 3.18. The number of hydrogen-bond acceptors (Lipinski definition) is 3. The van der Waals surface area contributed by atoms with Crippen molar-refractivity contribution in [1.82, 2.24) is 0 Å². The monoisotopic (exact) mass is 240 g/mol. The Morgan fingerprint density at radius 1 is 1.53 bits per heavy atom. The van der Waals surface area contributed by atoms with Crippen molar-refractivity contribution < 1.29 is 24.1 Å². The second kappa shape index (κ2) is 3.91. The predicted molar refractivity (Wildman–Crippen MR) is 57.8 cm³/mol. The number of aliphatic carboxylic acids is 1. The third kappa shape index (κ3) is 2.05. The van der Waals surface area contributed by atoms with E-state index in [0.717, 1.165) is 0 Å².